The first-order valence-corrected chi connectivity index (χ1v) is 6.64. The number of hydrogen-bond donors (Lipinski definition) is 4. The number of carbonyl (C=O) groups excluding carboxylic acids is 1. The second-order valence-corrected chi connectivity index (χ2v) is 5.02. The number of carbonyl (C=O) groups is 1. The predicted molar refractivity (Wildman–Crippen MR) is 72.3 cm³/mol. The molecule has 0 radical (unpaired) electrons. The first-order chi connectivity index (χ1) is 9.08. The molecule has 1 aromatic carbocycles. The lowest BCUT2D eigenvalue weighted by Crippen LogP contribution is -2.50. The van der Waals surface area contributed by atoms with Crippen LogP contribution in [0.1, 0.15) is 36.5 Å². The zero-order valence-corrected chi connectivity index (χ0v) is 11.0. The number of aromatic hydroxyl groups is 2. The van der Waals surface area contributed by atoms with Crippen molar-refractivity contribution in [3.8, 4) is 11.5 Å². The standard InChI is InChI=1S/C14H20N2O3/c1-9(12-4-2-3-7-15-12)16-14(19)11-6-5-10(17)8-13(11)18/h5-6,8-9,12,15,17-18H,2-4,7H2,1H3,(H,16,19). The van der Waals surface area contributed by atoms with Gasteiger partial charge in [-0.3, -0.25) is 4.79 Å². The van der Waals surface area contributed by atoms with E-state index in [1.807, 2.05) is 6.92 Å². The number of piperidine rings is 1. The summed E-state index contributed by atoms with van der Waals surface area (Å²) in [5, 5.41) is 25.1. The Kier molecular flexibility index (Phi) is 4.27. The third kappa shape index (κ3) is 3.38. The predicted octanol–water partition coefficient (Wildman–Crippen LogP) is 1.36. The summed E-state index contributed by atoms with van der Waals surface area (Å²) in [6, 6.07) is 4.25. The van der Waals surface area contributed by atoms with Gasteiger partial charge < -0.3 is 20.8 Å². The van der Waals surface area contributed by atoms with Crippen LogP contribution in [-0.4, -0.2) is 34.7 Å². The summed E-state index contributed by atoms with van der Waals surface area (Å²) < 4.78 is 0. The van der Waals surface area contributed by atoms with Crippen LogP contribution in [0.15, 0.2) is 18.2 Å². The first-order valence-electron chi connectivity index (χ1n) is 6.64. The van der Waals surface area contributed by atoms with Crippen molar-refractivity contribution in [2.75, 3.05) is 6.54 Å². The molecule has 1 saturated heterocycles. The van der Waals surface area contributed by atoms with Crippen molar-refractivity contribution in [2.45, 2.75) is 38.3 Å². The third-order valence-electron chi connectivity index (χ3n) is 3.54. The third-order valence-corrected chi connectivity index (χ3v) is 3.54. The summed E-state index contributed by atoms with van der Waals surface area (Å²) >= 11 is 0. The monoisotopic (exact) mass is 264 g/mol. The zero-order chi connectivity index (χ0) is 13.8. The van der Waals surface area contributed by atoms with Crippen molar-refractivity contribution >= 4 is 5.91 Å². The molecule has 1 aromatic rings. The Labute approximate surface area is 112 Å². The van der Waals surface area contributed by atoms with Gasteiger partial charge in [-0.05, 0) is 38.4 Å². The molecular formula is C14H20N2O3. The average Bonchev–Trinajstić information content (AvgIpc) is 2.39. The molecule has 2 rings (SSSR count). The molecule has 0 bridgehead atoms. The highest BCUT2D eigenvalue weighted by molar-refractivity contribution is 5.97. The topological polar surface area (TPSA) is 81.6 Å². The van der Waals surface area contributed by atoms with Crippen molar-refractivity contribution in [3.05, 3.63) is 23.8 Å². The number of hydrogen-bond acceptors (Lipinski definition) is 4. The molecule has 2 unspecified atom stereocenters. The molecule has 1 aliphatic heterocycles. The van der Waals surface area contributed by atoms with Crippen LogP contribution >= 0.6 is 0 Å². The summed E-state index contributed by atoms with van der Waals surface area (Å²) in [6.45, 7) is 2.94. The van der Waals surface area contributed by atoms with Crippen molar-refractivity contribution < 1.29 is 15.0 Å². The lowest BCUT2D eigenvalue weighted by Gasteiger charge is -2.29. The van der Waals surface area contributed by atoms with Gasteiger partial charge in [-0.2, -0.15) is 0 Å². The molecule has 0 aliphatic carbocycles. The van der Waals surface area contributed by atoms with Crippen LogP contribution < -0.4 is 10.6 Å². The van der Waals surface area contributed by atoms with Gasteiger partial charge in [0.15, 0.2) is 0 Å². The average molecular weight is 264 g/mol. The maximum atomic E-state index is 12.0. The van der Waals surface area contributed by atoms with Crippen molar-refractivity contribution in [1.29, 1.82) is 0 Å². The molecule has 4 N–H and O–H groups in total. The summed E-state index contributed by atoms with van der Waals surface area (Å²) in [4.78, 5) is 12.0. The molecule has 1 aliphatic rings. The summed E-state index contributed by atoms with van der Waals surface area (Å²) in [7, 11) is 0. The van der Waals surface area contributed by atoms with Crippen LogP contribution in [0, 0.1) is 0 Å². The van der Waals surface area contributed by atoms with Crippen LogP contribution in [0.2, 0.25) is 0 Å². The van der Waals surface area contributed by atoms with Crippen molar-refractivity contribution in [1.82, 2.24) is 10.6 Å². The molecule has 104 valence electrons. The second kappa shape index (κ2) is 5.93. The van der Waals surface area contributed by atoms with Gasteiger partial charge in [0.1, 0.15) is 11.5 Å². The number of amides is 1. The van der Waals surface area contributed by atoms with Crippen molar-refractivity contribution in [2.24, 2.45) is 0 Å². The summed E-state index contributed by atoms with van der Waals surface area (Å²) in [5.41, 5.74) is 0.181. The largest absolute Gasteiger partial charge is 0.508 e. The molecule has 1 heterocycles. The van der Waals surface area contributed by atoms with Gasteiger partial charge in [0.2, 0.25) is 0 Å². The highest BCUT2D eigenvalue weighted by Gasteiger charge is 2.22. The van der Waals surface area contributed by atoms with Gasteiger partial charge >= 0.3 is 0 Å². The molecule has 5 heteroatoms. The maximum Gasteiger partial charge on any atom is 0.255 e. The van der Waals surface area contributed by atoms with E-state index in [9.17, 15) is 15.0 Å². The smallest absolute Gasteiger partial charge is 0.255 e. The SMILES string of the molecule is CC(NC(=O)c1ccc(O)cc1O)C1CCCCN1. The number of phenols is 2. The van der Waals surface area contributed by atoms with Gasteiger partial charge in [0.05, 0.1) is 5.56 Å². The van der Waals surface area contributed by atoms with Gasteiger partial charge in [0.25, 0.3) is 5.91 Å². The first kappa shape index (κ1) is 13.7. The van der Waals surface area contributed by atoms with E-state index >= 15 is 0 Å². The fourth-order valence-corrected chi connectivity index (χ4v) is 2.40. The lowest BCUT2D eigenvalue weighted by molar-refractivity contribution is 0.0925. The number of phenolic OH excluding ortho intramolecular Hbond substituents is 2. The van der Waals surface area contributed by atoms with Gasteiger partial charge in [0, 0.05) is 18.2 Å². The van der Waals surface area contributed by atoms with E-state index in [2.05, 4.69) is 10.6 Å². The molecule has 0 spiro atoms. The lowest BCUT2D eigenvalue weighted by atomic mass is 9.99. The van der Waals surface area contributed by atoms with E-state index in [0.29, 0.717) is 0 Å². The van der Waals surface area contributed by atoms with Gasteiger partial charge in [-0.15, -0.1) is 0 Å². The molecule has 2 atom stereocenters. The highest BCUT2D eigenvalue weighted by atomic mass is 16.3. The maximum absolute atomic E-state index is 12.0. The van der Waals surface area contributed by atoms with Crippen molar-refractivity contribution in [3.63, 3.8) is 0 Å². The van der Waals surface area contributed by atoms with Crippen LogP contribution in [0.4, 0.5) is 0 Å². The second-order valence-electron chi connectivity index (χ2n) is 5.02. The van der Waals surface area contributed by atoms with E-state index in [1.54, 1.807) is 0 Å². The Morgan fingerprint density at radius 1 is 1.42 bits per heavy atom. The Balaban J connectivity index is 1.99. The fourth-order valence-electron chi connectivity index (χ4n) is 2.40. The fraction of sp³-hybridized carbons (Fsp3) is 0.500. The van der Waals surface area contributed by atoms with E-state index in [4.69, 9.17) is 0 Å². The summed E-state index contributed by atoms with van der Waals surface area (Å²) in [5.74, 6) is -0.588. The van der Waals surface area contributed by atoms with Crippen LogP contribution in [0.25, 0.3) is 0 Å². The highest BCUT2D eigenvalue weighted by Crippen LogP contribution is 2.22. The van der Waals surface area contributed by atoms with E-state index < -0.39 is 0 Å². The van der Waals surface area contributed by atoms with E-state index in [1.165, 1.54) is 31.0 Å². The molecular weight excluding hydrogens is 244 g/mol. The normalized spacial score (nSPS) is 20.8. The minimum atomic E-state index is -0.322. The number of nitrogens with one attached hydrogen (secondary N) is 2. The molecule has 5 nitrogen and oxygen atoms in total. The van der Waals surface area contributed by atoms with Gasteiger partial charge in [-0.1, -0.05) is 6.42 Å². The Morgan fingerprint density at radius 3 is 2.84 bits per heavy atom. The summed E-state index contributed by atoms with van der Waals surface area (Å²) in [6.07, 6.45) is 3.39. The molecule has 1 amide bonds. The Morgan fingerprint density at radius 2 is 2.21 bits per heavy atom. The quantitative estimate of drug-likeness (QED) is 0.664. The number of benzene rings is 1. The molecule has 19 heavy (non-hydrogen) atoms. The minimum Gasteiger partial charge on any atom is -0.508 e. The van der Waals surface area contributed by atoms with Crippen LogP contribution in [0.3, 0.4) is 0 Å². The van der Waals surface area contributed by atoms with Crippen LogP contribution in [0.5, 0.6) is 11.5 Å². The Hall–Kier alpha value is -1.75. The zero-order valence-electron chi connectivity index (χ0n) is 11.0. The number of rotatable bonds is 3. The Bertz CT molecular complexity index is 456. The molecule has 1 fully saturated rings. The van der Waals surface area contributed by atoms with Gasteiger partial charge in [-0.25, -0.2) is 0 Å². The minimum absolute atomic E-state index is 0.000929. The molecule has 0 saturated carbocycles. The van der Waals surface area contributed by atoms with E-state index in [-0.39, 0.29) is 35.1 Å². The van der Waals surface area contributed by atoms with Crippen LogP contribution in [-0.2, 0) is 0 Å². The van der Waals surface area contributed by atoms with E-state index in [0.717, 1.165) is 13.0 Å². The molecule has 0 aromatic heterocycles.